The van der Waals surface area contributed by atoms with Gasteiger partial charge in [0.1, 0.15) is 0 Å². The molecule has 0 amide bonds. The van der Waals surface area contributed by atoms with Crippen LogP contribution in [0.1, 0.15) is 33.3 Å². The van der Waals surface area contributed by atoms with Crippen LogP contribution in [0, 0.1) is 0 Å². The first-order chi connectivity index (χ1) is 14.0. The lowest BCUT2D eigenvalue weighted by atomic mass is 9.78. The molecule has 1 N–H and O–H groups in total. The lowest BCUT2D eigenvalue weighted by molar-refractivity contribution is -0.137. The fraction of sp³-hybridized carbons (Fsp3) is 0.333. The second-order valence-electron chi connectivity index (χ2n) is 8.33. The average Bonchev–Trinajstić information content (AvgIpc) is 2.89. The van der Waals surface area contributed by atoms with E-state index < -0.39 is 30.1 Å². The topological polar surface area (TPSA) is 56.3 Å². The third-order valence-corrected chi connectivity index (χ3v) is 5.69. The molecule has 1 aliphatic rings. The van der Waals surface area contributed by atoms with Gasteiger partial charge in [-0.05, 0) is 57.4 Å². The van der Waals surface area contributed by atoms with Crippen LogP contribution in [-0.4, -0.2) is 28.5 Å². The zero-order valence-corrected chi connectivity index (χ0v) is 17.0. The molecule has 1 fully saturated rings. The summed E-state index contributed by atoms with van der Waals surface area (Å²) in [5.74, 6) is 0.452. The summed E-state index contributed by atoms with van der Waals surface area (Å²) in [6.45, 7) is 7.97. The maximum atomic E-state index is 12.8. The predicted octanol–water partition coefficient (Wildman–Crippen LogP) is 4.69. The molecule has 156 valence electrons. The average molecular weight is 415 g/mol. The molecule has 30 heavy (non-hydrogen) atoms. The first-order valence-corrected chi connectivity index (χ1v) is 9.52. The quantitative estimate of drug-likeness (QED) is 0.629. The molecule has 0 bridgehead atoms. The minimum atomic E-state index is -4.37. The van der Waals surface area contributed by atoms with E-state index in [0.717, 1.165) is 28.4 Å². The summed E-state index contributed by atoms with van der Waals surface area (Å²) in [6.07, 6.45) is -2.75. The van der Waals surface area contributed by atoms with Gasteiger partial charge < -0.3 is 14.6 Å². The number of halogens is 3. The highest BCUT2D eigenvalue weighted by Crippen LogP contribution is 2.37. The molecule has 2 heterocycles. The molecule has 0 radical (unpaired) electrons. The molecule has 0 unspecified atom stereocenters. The fourth-order valence-electron chi connectivity index (χ4n) is 3.20. The number of nitrogens with zero attached hydrogens (tertiary/aromatic N) is 2. The van der Waals surface area contributed by atoms with Gasteiger partial charge in [-0.1, -0.05) is 18.2 Å². The Morgan fingerprint density at radius 1 is 0.933 bits per heavy atom. The summed E-state index contributed by atoms with van der Waals surface area (Å²) >= 11 is 0. The lowest BCUT2D eigenvalue weighted by Crippen LogP contribution is -2.41. The molecule has 1 aromatic heterocycles. The van der Waals surface area contributed by atoms with Crippen molar-refractivity contribution in [3.05, 3.63) is 54.2 Å². The van der Waals surface area contributed by atoms with Crippen molar-refractivity contribution in [2.45, 2.75) is 45.1 Å². The van der Waals surface area contributed by atoms with E-state index in [4.69, 9.17) is 9.31 Å². The summed E-state index contributed by atoms with van der Waals surface area (Å²) in [5, 5.41) is 12.7. The van der Waals surface area contributed by atoms with E-state index in [0.29, 0.717) is 11.5 Å². The van der Waals surface area contributed by atoms with Gasteiger partial charge in [0.25, 0.3) is 0 Å². The Morgan fingerprint density at radius 2 is 1.57 bits per heavy atom. The SMILES string of the molecule is CC1(C)OB(c2ccc3c(Nc4ccc(C(F)(F)F)cc4)nncc3c2)OC1(C)C. The molecule has 0 spiro atoms. The van der Waals surface area contributed by atoms with Gasteiger partial charge in [0, 0.05) is 16.5 Å². The van der Waals surface area contributed by atoms with Gasteiger partial charge in [-0.25, -0.2) is 0 Å². The van der Waals surface area contributed by atoms with Crippen molar-refractivity contribution in [1.29, 1.82) is 0 Å². The van der Waals surface area contributed by atoms with Crippen molar-refractivity contribution < 1.29 is 22.5 Å². The molecule has 5 nitrogen and oxygen atoms in total. The monoisotopic (exact) mass is 415 g/mol. The molecule has 0 aliphatic carbocycles. The molecular weight excluding hydrogens is 394 g/mol. The van der Waals surface area contributed by atoms with Gasteiger partial charge in [-0.15, -0.1) is 5.10 Å². The fourth-order valence-corrected chi connectivity index (χ4v) is 3.20. The molecule has 1 saturated heterocycles. The highest BCUT2D eigenvalue weighted by Gasteiger charge is 2.51. The second-order valence-corrected chi connectivity index (χ2v) is 8.33. The third kappa shape index (κ3) is 3.75. The number of nitrogens with one attached hydrogen (secondary N) is 1. The third-order valence-electron chi connectivity index (χ3n) is 5.69. The summed E-state index contributed by atoms with van der Waals surface area (Å²) in [5.41, 5.74) is -0.254. The van der Waals surface area contributed by atoms with Crippen LogP contribution < -0.4 is 10.8 Å². The number of anilines is 2. The first-order valence-electron chi connectivity index (χ1n) is 9.52. The van der Waals surface area contributed by atoms with Gasteiger partial charge in [-0.2, -0.15) is 18.3 Å². The van der Waals surface area contributed by atoms with Crippen LogP contribution in [0.5, 0.6) is 0 Å². The van der Waals surface area contributed by atoms with Crippen LogP contribution in [0.2, 0.25) is 0 Å². The number of hydrogen-bond donors (Lipinski definition) is 1. The normalized spacial score (nSPS) is 18.0. The summed E-state index contributed by atoms with van der Waals surface area (Å²) in [4.78, 5) is 0. The maximum absolute atomic E-state index is 12.8. The second kappa shape index (κ2) is 6.96. The number of benzene rings is 2. The zero-order chi connectivity index (χ0) is 21.7. The Bertz CT molecular complexity index is 1070. The van der Waals surface area contributed by atoms with Crippen molar-refractivity contribution >= 4 is 34.9 Å². The van der Waals surface area contributed by atoms with Crippen LogP contribution in [-0.2, 0) is 15.5 Å². The van der Waals surface area contributed by atoms with Crippen molar-refractivity contribution in [2.75, 3.05) is 5.32 Å². The molecule has 2 aromatic carbocycles. The molecule has 9 heteroatoms. The largest absolute Gasteiger partial charge is 0.494 e. The molecule has 0 saturated carbocycles. The number of fused-ring (bicyclic) bond motifs is 1. The number of alkyl halides is 3. The number of aromatic nitrogens is 2. The molecule has 0 atom stereocenters. The highest BCUT2D eigenvalue weighted by atomic mass is 19.4. The Labute approximate surface area is 172 Å². The van der Waals surface area contributed by atoms with E-state index in [1.165, 1.54) is 12.1 Å². The molecule has 1 aliphatic heterocycles. The highest BCUT2D eigenvalue weighted by molar-refractivity contribution is 6.62. The van der Waals surface area contributed by atoms with Gasteiger partial charge in [0.2, 0.25) is 0 Å². The maximum Gasteiger partial charge on any atom is 0.494 e. The lowest BCUT2D eigenvalue weighted by Gasteiger charge is -2.32. The number of rotatable bonds is 3. The van der Waals surface area contributed by atoms with E-state index in [9.17, 15) is 13.2 Å². The van der Waals surface area contributed by atoms with Crippen LogP contribution in [0.25, 0.3) is 10.8 Å². The van der Waals surface area contributed by atoms with Crippen LogP contribution in [0.3, 0.4) is 0 Å². The summed E-state index contributed by atoms with van der Waals surface area (Å²) < 4.78 is 50.5. The standard InChI is InChI=1S/C21H21BF3N3O2/c1-19(2)20(3,4)30-22(29-19)15-7-10-17-13(11-15)12-26-28-18(17)27-16-8-5-14(6-9-16)21(23,24)25/h5-12H,1-4H3,(H,27,28). The Hall–Kier alpha value is -2.65. The van der Waals surface area contributed by atoms with Crippen molar-refractivity contribution in [1.82, 2.24) is 10.2 Å². The van der Waals surface area contributed by atoms with Gasteiger partial charge in [0.05, 0.1) is 23.0 Å². The van der Waals surface area contributed by atoms with Gasteiger partial charge >= 0.3 is 13.3 Å². The molecular formula is C21H21BF3N3O2. The Kier molecular flexibility index (Phi) is 4.78. The van der Waals surface area contributed by atoms with E-state index in [1.54, 1.807) is 6.20 Å². The van der Waals surface area contributed by atoms with E-state index in [-0.39, 0.29) is 0 Å². The van der Waals surface area contributed by atoms with Crippen LogP contribution in [0.4, 0.5) is 24.7 Å². The smallest absolute Gasteiger partial charge is 0.399 e. The Balaban J connectivity index is 1.61. The Morgan fingerprint density at radius 3 is 2.17 bits per heavy atom. The van der Waals surface area contributed by atoms with E-state index >= 15 is 0 Å². The van der Waals surface area contributed by atoms with Gasteiger partial charge in [0.15, 0.2) is 5.82 Å². The van der Waals surface area contributed by atoms with Crippen molar-refractivity contribution in [3.8, 4) is 0 Å². The number of hydrogen-bond acceptors (Lipinski definition) is 5. The van der Waals surface area contributed by atoms with Crippen LogP contribution in [0.15, 0.2) is 48.7 Å². The molecule has 4 rings (SSSR count). The van der Waals surface area contributed by atoms with Gasteiger partial charge in [-0.3, -0.25) is 0 Å². The minimum Gasteiger partial charge on any atom is -0.399 e. The van der Waals surface area contributed by atoms with E-state index in [2.05, 4.69) is 15.5 Å². The zero-order valence-electron chi connectivity index (χ0n) is 17.0. The summed E-state index contributed by atoms with van der Waals surface area (Å²) in [6, 6.07) is 10.5. The first kappa shape index (κ1) is 20.6. The minimum absolute atomic E-state index is 0.446. The van der Waals surface area contributed by atoms with Crippen LogP contribution >= 0.6 is 0 Å². The van der Waals surface area contributed by atoms with Crippen molar-refractivity contribution in [3.63, 3.8) is 0 Å². The predicted molar refractivity (Wildman–Crippen MR) is 110 cm³/mol. The van der Waals surface area contributed by atoms with Crippen molar-refractivity contribution in [2.24, 2.45) is 0 Å². The molecule has 3 aromatic rings. The van der Waals surface area contributed by atoms with E-state index in [1.807, 2.05) is 45.9 Å². The summed E-state index contributed by atoms with van der Waals surface area (Å²) in [7, 11) is -0.501.